The van der Waals surface area contributed by atoms with Crippen LogP contribution in [-0.4, -0.2) is 45.3 Å². The molecule has 2 rings (SSSR count). The second-order valence-corrected chi connectivity index (χ2v) is 5.32. The molecule has 17 heavy (non-hydrogen) atoms. The Hall–Kier alpha value is -0.940. The summed E-state index contributed by atoms with van der Waals surface area (Å²) in [6.45, 7) is 8.76. The Morgan fingerprint density at radius 2 is 2.35 bits per heavy atom. The molecule has 0 bridgehead atoms. The van der Waals surface area contributed by atoms with E-state index in [1.807, 2.05) is 11.7 Å². The number of aryl methyl sites for hydroxylation is 1. The summed E-state index contributed by atoms with van der Waals surface area (Å²) in [7, 11) is 1.95. The predicted octanol–water partition coefficient (Wildman–Crippen LogP) is 0.635. The molecule has 5 nitrogen and oxygen atoms in total. The highest BCUT2D eigenvalue weighted by molar-refractivity contribution is 4.87. The number of piperazine rings is 1. The minimum atomic E-state index is 0.622. The van der Waals surface area contributed by atoms with Gasteiger partial charge in [-0.15, -0.1) is 0 Å². The normalized spacial score (nSPS) is 22.2. The molecule has 0 spiro atoms. The quantitative estimate of drug-likeness (QED) is 0.834. The molecule has 1 aliphatic rings. The highest BCUT2D eigenvalue weighted by Gasteiger charge is 2.20. The van der Waals surface area contributed by atoms with Crippen molar-refractivity contribution in [1.82, 2.24) is 25.0 Å². The first-order chi connectivity index (χ1) is 8.15. The van der Waals surface area contributed by atoms with Crippen molar-refractivity contribution in [3.8, 4) is 0 Å². The van der Waals surface area contributed by atoms with Crippen LogP contribution >= 0.6 is 0 Å². The van der Waals surface area contributed by atoms with Gasteiger partial charge < -0.3 is 5.32 Å². The maximum absolute atomic E-state index is 4.29. The van der Waals surface area contributed by atoms with Crippen LogP contribution in [0.3, 0.4) is 0 Å². The van der Waals surface area contributed by atoms with Crippen molar-refractivity contribution in [3.63, 3.8) is 0 Å². The van der Waals surface area contributed by atoms with E-state index < -0.39 is 0 Å². The van der Waals surface area contributed by atoms with Crippen LogP contribution in [-0.2, 0) is 13.6 Å². The smallest absolute Gasteiger partial charge is 0.140 e. The lowest BCUT2D eigenvalue weighted by atomic mass is 10.0. The molecule has 1 unspecified atom stereocenters. The van der Waals surface area contributed by atoms with E-state index in [1.165, 1.54) is 6.42 Å². The Labute approximate surface area is 103 Å². The summed E-state index contributed by atoms with van der Waals surface area (Å²) in [5.74, 6) is 1.80. The van der Waals surface area contributed by atoms with Crippen LogP contribution in [0, 0.1) is 5.92 Å². The van der Waals surface area contributed by atoms with Gasteiger partial charge in [-0.25, -0.2) is 4.98 Å². The zero-order valence-corrected chi connectivity index (χ0v) is 11.1. The number of hydrogen-bond donors (Lipinski definition) is 1. The zero-order chi connectivity index (χ0) is 12.3. The van der Waals surface area contributed by atoms with Gasteiger partial charge in [0.25, 0.3) is 0 Å². The van der Waals surface area contributed by atoms with E-state index in [4.69, 9.17) is 0 Å². The number of hydrogen-bond acceptors (Lipinski definition) is 4. The molecular formula is C12H23N5. The van der Waals surface area contributed by atoms with E-state index in [1.54, 1.807) is 6.33 Å². The summed E-state index contributed by atoms with van der Waals surface area (Å²) in [5, 5.41) is 7.70. The van der Waals surface area contributed by atoms with Crippen molar-refractivity contribution < 1.29 is 0 Å². The summed E-state index contributed by atoms with van der Waals surface area (Å²) in [6.07, 6.45) is 2.87. The van der Waals surface area contributed by atoms with Crippen molar-refractivity contribution in [2.75, 3.05) is 19.6 Å². The van der Waals surface area contributed by atoms with Gasteiger partial charge in [0.15, 0.2) is 0 Å². The van der Waals surface area contributed by atoms with E-state index in [0.717, 1.165) is 37.9 Å². The monoisotopic (exact) mass is 237 g/mol. The minimum Gasteiger partial charge on any atom is -0.311 e. The molecule has 1 aromatic heterocycles. The average molecular weight is 237 g/mol. The fourth-order valence-corrected chi connectivity index (χ4v) is 2.43. The van der Waals surface area contributed by atoms with Crippen molar-refractivity contribution in [2.24, 2.45) is 13.0 Å². The summed E-state index contributed by atoms with van der Waals surface area (Å²) >= 11 is 0. The third kappa shape index (κ3) is 3.51. The van der Waals surface area contributed by atoms with Crippen molar-refractivity contribution in [3.05, 3.63) is 12.2 Å². The molecule has 1 atom stereocenters. The van der Waals surface area contributed by atoms with Gasteiger partial charge in [0, 0.05) is 32.7 Å². The van der Waals surface area contributed by atoms with E-state index in [9.17, 15) is 0 Å². The maximum Gasteiger partial charge on any atom is 0.140 e. The molecule has 0 saturated carbocycles. The third-order valence-electron chi connectivity index (χ3n) is 3.27. The van der Waals surface area contributed by atoms with Crippen LogP contribution in [0.2, 0.25) is 0 Å². The molecule has 0 aromatic carbocycles. The van der Waals surface area contributed by atoms with Gasteiger partial charge in [-0.2, -0.15) is 5.10 Å². The van der Waals surface area contributed by atoms with Crippen molar-refractivity contribution in [1.29, 1.82) is 0 Å². The Morgan fingerprint density at radius 3 is 3.00 bits per heavy atom. The Balaban J connectivity index is 1.87. The summed E-state index contributed by atoms with van der Waals surface area (Å²) in [6, 6.07) is 0.622. The van der Waals surface area contributed by atoms with Crippen molar-refractivity contribution >= 4 is 0 Å². The van der Waals surface area contributed by atoms with E-state index >= 15 is 0 Å². The number of nitrogens with zero attached hydrogens (tertiary/aromatic N) is 4. The van der Waals surface area contributed by atoms with Gasteiger partial charge in [-0.05, 0) is 12.3 Å². The molecule has 1 aromatic rings. The molecular weight excluding hydrogens is 214 g/mol. The first kappa shape index (κ1) is 12.5. The summed E-state index contributed by atoms with van der Waals surface area (Å²) in [4.78, 5) is 6.75. The topological polar surface area (TPSA) is 46.0 Å². The van der Waals surface area contributed by atoms with Crippen LogP contribution in [0.1, 0.15) is 26.1 Å². The lowest BCUT2D eigenvalue weighted by Crippen LogP contribution is -2.50. The van der Waals surface area contributed by atoms with E-state index in [2.05, 4.69) is 34.1 Å². The van der Waals surface area contributed by atoms with Crippen LogP contribution < -0.4 is 5.32 Å². The largest absolute Gasteiger partial charge is 0.311 e. The fraction of sp³-hybridized carbons (Fsp3) is 0.833. The Bertz CT molecular complexity index is 346. The highest BCUT2D eigenvalue weighted by Crippen LogP contribution is 2.11. The van der Waals surface area contributed by atoms with Crippen LogP contribution in [0.4, 0.5) is 0 Å². The summed E-state index contributed by atoms with van der Waals surface area (Å²) < 4.78 is 1.86. The SMILES string of the molecule is CC(C)CC1CN(Cc2ncnn2C)CCN1. The molecule has 0 radical (unpaired) electrons. The van der Waals surface area contributed by atoms with Crippen molar-refractivity contribution in [2.45, 2.75) is 32.9 Å². The molecule has 1 aliphatic heterocycles. The molecule has 2 heterocycles. The average Bonchev–Trinajstić information content (AvgIpc) is 2.64. The molecule has 1 saturated heterocycles. The maximum atomic E-state index is 4.29. The van der Waals surface area contributed by atoms with Gasteiger partial charge in [-0.1, -0.05) is 13.8 Å². The molecule has 96 valence electrons. The molecule has 5 heteroatoms. The molecule has 1 fully saturated rings. The van der Waals surface area contributed by atoms with Gasteiger partial charge >= 0.3 is 0 Å². The van der Waals surface area contributed by atoms with Crippen LogP contribution in [0.15, 0.2) is 6.33 Å². The minimum absolute atomic E-state index is 0.622. The zero-order valence-electron chi connectivity index (χ0n) is 11.1. The standard InChI is InChI=1S/C12H23N5/c1-10(2)6-11-7-17(5-4-13-11)8-12-14-9-15-16(12)3/h9-11,13H,4-8H2,1-3H3. The van der Waals surface area contributed by atoms with Crippen LogP contribution in [0.25, 0.3) is 0 Å². The van der Waals surface area contributed by atoms with E-state index in [0.29, 0.717) is 6.04 Å². The Morgan fingerprint density at radius 1 is 1.53 bits per heavy atom. The first-order valence-electron chi connectivity index (χ1n) is 6.43. The summed E-state index contributed by atoms with van der Waals surface area (Å²) in [5.41, 5.74) is 0. The lowest BCUT2D eigenvalue weighted by Gasteiger charge is -2.34. The van der Waals surface area contributed by atoms with Gasteiger partial charge in [0.1, 0.15) is 12.2 Å². The highest BCUT2D eigenvalue weighted by atomic mass is 15.3. The third-order valence-corrected chi connectivity index (χ3v) is 3.27. The number of nitrogens with one attached hydrogen (secondary N) is 1. The predicted molar refractivity (Wildman–Crippen MR) is 67.5 cm³/mol. The second-order valence-electron chi connectivity index (χ2n) is 5.32. The van der Waals surface area contributed by atoms with Gasteiger partial charge in [0.05, 0.1) is 6.54 Å². The molecule has 0 amide bonds. The van der Waals surface area contributed by atoms with E-state index in [-0.39, 0.29) is 0 Å². The molecule has 0 aliphatic carbocycles. The fourth-order valence-electron chi connectivity index (χ4n) is 2.43. The number of aromatic nitrogens is 3. The Kier molecular flexibility index (Phi) is 4.12. The first-order valence-corrected chi connectivity index (χ1v) is 6.43. The molecule has 1 N–H and O–H groups in total. The number of rotatable bonds is 4. The van der Waals surface area contributed by atoms with Gasteiger partial charge in [-0.3, -0.25) is 9.58 Å². The lowest BCUT2D eigenvalue weighted by molar-refractivity contribution is 0.174. The second kappa shape index (κ2) is 5.60. The van der Waals surface area contributed by atoms with Crippen LogP contribution in [0.5, 0.6) is 0 Å². The van der Waals surface area contributed by atoms with Gasteiger partial charge in [0.2, 0.25) is 0 Å².